The van der Waals surface area contributed by atoms with E-state index in [0.717, 1.165) is 36.5 Å². The van der Waals surface area contributed by atoms with Gasteiger partial charge < -0.3 is 4.42 Å². The van der Waals surface area contributed by atoms with Gasteiger partial charge >= 0.3 is 0 Å². The summed E-state index contributed by atoms with van der Waals surface area (Å²) in [6.07, 6.45) is 4.10. The highest BCUT2D eigenvalue weighted by atomic mass is 32.2. The first-order valence-corrected chi connectivity index (χ1v) is 9.63. The summed E-state index contributed by atoms with van der Waals surface area (Å²) < 4.78 is 34.7. The molecule has 7 heteroatoms. The van der Waals surface area contributed by atoms with Crippen molar-refractivity contribution >= 4 is 10.2 Å². The number of pyridine rings is 1. The molecule has 1 aliphatic heterocycles. The van der Waals surface area contributed by atoms with Crippen molar-refractivity contribution in [2.45, 2.75) is 38.8 Å². The van der Waals surface area contributed by atoms with E-state index in [1.54, 1.807) is 17.5 Å². The molecule has 0 aromatic carbocycles. The highest BCUT2D eigenvalue weighted by Gasteiger charge is 2.39. The van der Waals surface area contributed by atoms with Crippen LogP contribution in [0.2, 0.25) is 0 Å². The lowest BCUT2D eigenvalue weighted by atomic mass is 10.2. The maximum absolute atomic E-state index is 13.0. The van der Waals surface area contributed by atoms with Gasteiger partial charge in [-0.3, -0.25) is 4.98 Å². The summed E-state index contributed by atoms with van der Waals surface area (Å²) in [5, 5.41) is 0. The molecule has 1 aliphatic rings. The molecule has 1 saturated heterocycles. The second-order valence-electron chi connectivity index (χ2n) is 6.01. The van der Waals surface area contributed by atoms with Crippen molar-refractivity contribution in [2.75, 3.05) is 13.6 Å². The Bertz CT molecular complexity index is 773. The molecular weight excluding hydrogens is 326 g/mol. The minimum atomic E-state index is -3.57. The average Bonchev–Trinajstić information content (AvgIpc) is 3.24. The van der Waals surface area contributed by atoms with Crippen molar-refractivity contribution in [1.82, 2.24) is 13.6 Å². The Labute approximate surface area is 143 Å². The molecule has 130 valence electrons. The van der Waals surface area contributed by atoms with Crippen molar-refractivity contribution in [2.24, 2.45) is 0 Å². The van der Waals surface area contributed by atoms with Gasteiger partial charge in [0.25, 0.3) is 10.2 Å². The van der Waals surface area contributed by atoms with E-state index in [0.29, 0.717) is 6.54 Å². The standard InChI is InChI=1S/C17H23N3O3S/c1-3-15-9-10-17(23-15)16-8-6-12-20(16)24(21,22)19(2)13-14-7-4-5-11-18-14/h4-5,7,9-11,16H,3,6,8,12-13H2,1-2H3/t16-/m1/s1. The van der Waals surface area contributed by atoms with Crippen molar-refractivity contribution in [3.63, 3.8) is 0 Å². The molecule has 0 bridgehead atoms. The maximum atomic E-state index is 13.0. The van der Waals surface area contributed by atoms with Gasteiger partial charge in [0.15, 0.2) is 0 Å². The van der Waals surface area contributed by atoms with Crippen LogP contribution < -0.4 is 0 Å². The molecule has 1 fully saturated rings. The normalized spacial score (nSPS) is 19.2. The van der Waals surface area contributed by atoms with Crippen LogP contribution in [-0.2, 0) is 23.2 Å². The lowest BCUT2D eigenvalue weighted by Gasteiger charge is -2.27. The van der Waals surface area contributed by atoms with Crippen molar-refractivity contribution in [3.8, 4) is 0 Å². The molecule has 0 N–H and O–H groups in total. The fourth-order valence-electron chi connectivity index (χ4n) is 3.04. The van der Waals surface area contributed by atoms with Crippen LogP contribution >= 0.6 is 0 Å². The largest absolute Gasteiger partial charge is 0.464 e. The monoisotopic (exact) mass is 349 g/mol. The van der Waals surface area contributed by atoms with Crippen LogP contribution in [0.1, 0.15) is 43.0 Å². The maximum Gasteiger partial charge on any atom is 0.282 e. The van der Waals surface area contributed by atoms with Crippen LogP contribution in [-0.4, -0.2) is 35.6 Å². The topological polar surface area (TPSA) is 66.7 Å². The number of aromatic nitrogens is 1. The van der Waals surface area contributed by atoms with Gasteiger partial charge in [-0.05, 0) is 37.1 Å². The van der Waals surface area contributed by atoms with Crippen LogP contribution in [0.25, 0.3) is 0 Å². The number of nitrogens with zero attached hydrogens (tertiary/aromatic N) is 3. The Morgan fingerprint density at radius 3 is 2.83 bits per heavy atom. The molecule has 0 amide bonds. The van der Waals surface area contributed by atoms with Gasteiger partial charge in [-0.25, -0.2) is 0 Å². The lowest BCUT2D eigenvalue weighted by molar-refractivity contribution is 0.305. The van der Waals surface area contributed by atoms with Gasteiger partial charge in [-0.15, -0.1) is 0 Å². The number of furan rings is 1. The summed E-state index contributed by atoms with van der Waals surface area (Å²) in [4.78, 5) is 4.21. The molecule has 1 atom stereocenters. The minimum Gasteiger partial charge on any atom is -0.464 e. The van der Waals surface area contributed by atoms with Crippen molar-refractivity contribution in [3.05, 3.63) is 53.7 Å². The van der Waals surface area contributed by atoms with Gasteiger partial charge in [0.2, 0.25) is 0 Å². The third kappa shape index (κ3) is 3.38. The van der Waals surface area contributed by atoms with Crippen LogP contribution in [0.3, 0.4) is 0 Å². The number of rotatable bonds is 6. The van der Waals surface area contributed by atoms with E-state index in [2.05, 4.69) is 4.98 Å². The van der Waals surface area contributed by atoms with E-state index < -0.39 is 10.2 Å². The Balaban J connectivity index is 1.79. The third-order valence-electron chi connectivity index (χ3n) is 4.36. The summed E-state index contributed by atoms with van der Waals surface area (Å²) in [7, 11) is -1.97. The summed E-state index contributed by atoms with van der Waals surface area (Å²) in [6, 6.07) is 9.11. The molecule has 3 rings (SSSR count). The Kier molecular flexibility index (Phi) is 5.03. The van der Waals surface area contributed by atoms with Crippen LogP contribution in [0.5, 0.6) is 0 Å². The molecule has 2 aromatic rings. The lowest BCUT2D eigenvalue weighted by Crippen LogP contribution is -2.41. The zero-order chi connectivity index (χ0) is 17.2. The van der Waals surface area contributed by atoms with Gasteiger partial charge in [0.05, 0.1) is 18.3 Å². The SMILES string of the molecule is CCc1ccc([C@H]2CCCN2S(=O)(=O)N(C)Cc2ccccn2)o1. The zero-order valence-corrected chi connectivity index (χ0v) is 14.9. The first-order valence-electron chi connectivity index (χ1n) is 8.24. The molecule has 24 heavy (non-hydrogen) atoms. The molecule has 0 spiro atoms. The highest BCUT2D eigenvalue weighted by Crippen LogP contribution is 2.36. The highest BCUT2D eigenvalue weighted by molar-refractivity contribution is 7.86. The van der Waals surface area contributed by atoms with Crippen LogP contribution in [0.4, 0.5) is 0 Å². The molecule has 6 nitrogen and oxygen atoms in total. The van der Waals surface area contributed by atoms with Gasteiger partial charge in [-0.2, -0.15) is 17.0 Å². The molecule has 0 radical (unpaired) electrons. The number of hydrogen-bond acceptors (Lipinski definition) is 4. The van der Waals surface area contributed by atoms with Crippen LogP contribution in [0, 0.1) is 0 Å². The molecule has 0 unspecified atom stereocenters. The van der Waals surface area contributed by atoms with Crippen molar-refractivity contribution < 1.29 is 12.8 Å². The predicted octanol–water partition coefficient (Wildman–Crippen LogP) is 2.75. The fourth-order valence-corrected chi connectivity index (χ4v) is 4.59. The first-order chi connectivity index (χ1) is 11.5. The average molecular weight is 349 g/mol. The summed E-state index contributed by atoms with van der Waals surface area (Å²) in [5.74, 6) is 1.62. The molecule has 0 aliphatic carbocycles. The summed E-state index contributed by atoms with van der Waals surface area (Å²) in [6.45, 7) is 2.79. The minimum absolute atomic E-state index is 0.221. The number of aryl methyl sites for hydroxylation is 1. The van der Waals surface area contributed by atoms with E-state index >= 15 is 0 Å². The Morgan fingerprint density at radius 2 is 2.17 bits per heavy atom. The fraction of sp³-hybridized carbons (Fsp3) is 0.471. The molecule has 2 aromatic heterocycles. The van der Waals surface area contributed by atoms with Gasteiger partial charge in [0, 0.05) is 26.2 Å². The predicted molar refractivity (Wildman–Crippen MR) is 91.4 cm³/mol. The zero-order valence-electron chi connectivity index (χ0n) is 14.1. The van der Waals surface area contributed by atoms with E-state index in [9.17, 15) is 8.42 Å². The second kappa shape index (κ2) is 7.04. The smallest absolute Gasteiger partial charge is 0.282 e. The van der Waals surface area contributed by atoms with Gasteiger partial charge in [-0.1, -0.05) is 13.0 Å². The van der Waals surface area contributed by atoms with E-state index in [1.165, 1.54) is 4.31 Å². The Morgan fingerprint density at radius 1 is 1.33 bits per heavy atom. The Hall–Kier alpha value is -1.70. The molecule has 0 saturated carbocycles. The van der Waals surface area contributed by atoms with Crippen molar-refractivity contribution in [1.29, 1.82) is 0 Å². The third-order valence-corrected chi connectivity index (χ3v) is 6.31. The van der Waals surface area contributed by atoms with Gasteiger partial charge in [0.1, 0.15) is 11.5 Å². The van der Waals surface area contributed by atoms with Crippen LogP contribution in [0.15, 0.2) is 40.9 Å². The van der Waals surface area contributed by atoms with E-state index in [4.69, 9.17) is 4.42 Å². The quantitative estimate of drug-likeness (QED) is 0.804. The second-order valence-corrected chi connectivity index (χ2v) is 8.00. The van der Waals surface area contributed by atoms with E-state index in [-0.39, 0.29) is 12.6 Å². The first kappa shape index (κ1) is 17.1. The summed E-state index contributed by atoms with van der Waals surface area (Å²) >= 11 is 0. The molecular formula is C17H23N3O3S. The summed E-state index contributed by atoms with van der Waals surface area (Å²) in [5.41, 5.74) is 0.727. The number of hydrogen-bond donors (Lipinski definition) is 0. The molecule has 3 heterocycles. The van der Waals surface area contributed by atoms with E-state index in [1.807, 2.05) is 37.3 Å².